The predicted molar refractivity (Wildman–Crippen MR) is 53.5 cm³/mol. The van der Waals surface area contributed by atoms with Gasteiger partial charge < -0.3 is 10.2 Å². The molecule has 0 saturated heterocycles. The van der Waals surface area contributed by atoms with Gasteiger partial charge >= 0.3 is 0 Å². The van der Waals surface area contributed by atoms with Crippen molar-refractivity contribution in [3.05, 3.63) is 29.3 Å². The molecule has 0 spiro atoms. The third kappa shape index (κ3) is 2.33. The van der Waals surface area contributed by atoms with Crippen LogP contribution in [0.25, 0.3) is 0 Å². The van der Waals surface area contributed by atoms with E-state index in [1.165, 1.54) is 12.1 Å². The van der Waals surface area contributed by atoms with Crippen LogP contribution < -0.4 is 0 Å². The highest BCUT2D eigenvalue weighted by Crippen LogP contribution is 2.20. The van der Waals surface area contributed by atoms with E-state index in [4.69, 9.17) is 5.11 Å². The molecule has 0 unspecified atom stereocenters. The average molecular weight is 194 g/mol. The average Bonchev–Trinajstić information content (AvgIpc) is 2.20. The van der Waals surface area contributed by atoms with E-state index in [0.29, 0.717) is 5.56 Å². The fourth-order valence-electron chi connectivity index (χ4n) is 1.32. The lowest BCUT2D eigenvalue weighted by molar-refractivity contribution is 0.0903. The Morgan fingerprint density at radius 2 is 2.14 bits per heavy atom. The molecule has 0 aromatic heterocycles. The third-order valence-electron chi connectivity index (χ3n) is 2.06. The molecule has 0 atom stereocenters. The van der Waals surface area contributed by atoms with Gasteiger partial charge in [0, 0.05) is 5.56 Å². The van der Waals surface area contributed by atoms with Crippen LogP contribution in [0.1, 0.15) is 29.3 Å². The molecule has 0 amide bonds. The summed E-state index contributed by atoms with van der Waals surface area (Å²) in [5, 5.41) is 18.1. The number of carbonyl (C=O) groups is 1. The zero-order valence-corrected chi connectivity index (χ0v) is 8.16. The van der Waals surface area contributed by atoms with Gasteiger partial charge in [0.1, 0.15) is 12.4 Å². The van der Waals surface area contributed by atoms with E-state index in [0.717, 1.165) is 18.4 Å². The van der Waals surface area contributed by atoms with Crippen molar-refractivity contribution in [2.75, 3.05) is 6.61 Å². The molecule has 14 heavy (non-hydrogen) atoms. The molecule has 3 nitrogen and oxygen atoms in total. The fraction of sp³-hybridized carbons (Fsp3) is 0.364. The van der Waals surface area contributed by atoms with E-state index in [1.807, 2.05) is 6.92 Å². The first-order valence-electron chi connectivity index (χ1n) is 4.65. The highest BCUT2D eigenvalue weighted by atomic mass is 16.3. The monoisotopic (exact) mass is 194 g/mol. The van der Waals surface area contributed by atoms with Crippen LogP contribution in [-0.4, -0.2) is 22.6 Å². The van der Waals surface area contributed by atoms with E-state index in [-0.39, 0.29) is 11.5 Å². The minimum Gasteiger partial charge on any atom is -0.508 e. The minimum atomic E-state index is -0.490. The lowest BCUT2D eigenvalue weighted by Gasteiger charge is -2.04. The molecule has 0 fully saturated rings. The number of phenolic OH excluding ortho intramolecular Hbond substituents is 1. The van der Waals surface area contributed by atoms with E-state index >= 15 is 0 Å². The van der Waals surface area contributed by atoms with Crippen molar-refractivity contribution >= 4 is 5.78 Å². The summed E-state index contributed by atoms with van der Waals surface area (Å²) >= 11 is 0. The molecule has 1 rings (SSSR count). The van der Waals surface area contributed by atoms with Crippen LogP contribution >= 0.6 is 0 Å². The normalized spacial score (nSPS) is 10.1. The third-order valence-corrected chi connectivity index (χ3v) is 2.06. The lowest BCUT2D eigenvalue weighted by Crippen LogP contribution is -2.04. The maximum atomic E-state index is 11.1. The molecule has 0 aliphatic rings. The fourth-order valence-corrected chi connectivity index (χ4v) is 1.32. The lowest BCUT2D eigenvalue weighted by atomic mass is 10.0. The molecule has 0 bridgehead atoms. The topological polar surface area (TPSA) is 57.5 Å². The summed E-state index contributed by atoms with van der Waals surface area (Å²) in [4.78, 5) is 11.1. The first-order valence-corrected chi connectivity index (χ1v) is 4.65. The molecule has 0 radical (unpaired) electrons. The molecule has 2 N–H and O–H groups in total. The van der Waals surface area contributed by atoms with Crippen molar-refractivity contribution in [2.24, 2.45) is 0 Å². The zero-order chi connectivity index (χ0) is 10.6. The minimum absolute atomic E-state index is 0.210. The highest BCUT2D eigenvalue weighted by Gasteiger charge is 2.07. The van der Waals surface area contributed by atoms with Crippen molar-refractivity contribution < 1.29 is 15.0 Å². The summed E-state index contributed by atoms with van der Waals surface area (Å²) in [5.41, 5.74) is 1.21. The smallest absolute Gasteiger partial charge is 0.188 e. The second-order valence-electron chi connectivity index (χ2n) is 3.17. The van der Waals surface area contributed by atoms with Crippen molar-refractivity contribution in [1.29, 1.82) is 0 Å². The van der Waals surface area contributed by atoms with Crippen LogP contribution in [-0.2, 0) is 6.42 Å². The van der Waals surface area contributed by atoms with Crippen LogP contribution in [0.4, 0.5) is 0 Å². The summed E-state index contributed by atoms with van der Waals surface area (Å²) in [5.74, 6) is -0.108. The van der Waals surface area contributed by atoms with Gasteiger partial charge in [-0.15, -0.1) is 0 Å². The van der Waals surface area contributed by atoms with Crippen LogP contribution in [0.2, 0.25) is 0 Å². The van der Waals surface area contributed by atoms with Gasteiger partial charge in [-0.3, -0.25) is 4.79 Å². The summed E-state index contributed by atoms with van der Waals surface area (Å²) < 4.78 is 0. The largest absolute Gasteiger partial charge is 0.508 e. The van der Waals surface area contributed by atoms with Gasteiger partial charge in [-0.05, 0) is 30.2 Å². The number of aliphatic hydroxyl groups is 1. The highest BCUT2D eigenvalue weighted by molar-refractivity contribution is 5.97. The quantitative estimate of drug-likeness (QED) is 0.714. The summed E-state index contributed by atoms with van der Waals surface area (Å²) in [7, 11) is 0. The Bertz CT molecular complexity index is 331. The van der Waals surface area contributed by atoms with Crippen molar-refractivity contribution in [3.63, 3.8) is 0 Å². The molecule has 3 heteroatoms. The summed E-state index contributed by atoms with van der Waals surface area (Å²) in [6.07, 6.45) is 1.64. The van der Waals surface area contributed by atoms with Gasteiger partial charge in [-0.25, -0.2) is 0 Å². The number of hydrogen-bond donors (Lipinski definition) is 2. The number of phenols is 1. The van der Waals surface area contributed by atoms with Crippen LogP contribution in [0, 0.1) is 0 Å². The van der Waals surface area contributed by atoms with Gasteiger partial charge in [0.15, 0.2) is 5.78 Å². The number of carbonyl (C=O) groups excluding carboxylic acids is 1. The Balaban J connectivity index is 2.99. The van der Waals surface area contributed by atoms with Gasteiger partial charge in [0.05, 0.1) is 0 Å². The van der Waals surface area contributed by atoms with E-state index in [2.05, 4.69) is 0 Å². The standard InChI is InChI=1S/C11H14O3/c1-2-3-8-6-9(11(14)7-12)4-5-10(8)13/h4-6,12-13H,2-3,7H2,1H3. The van der Waals surface area contributed by atoms with Crippen LogP contribution in [0.5, 0.6) is 5.75 Å². The number of aliphatic hydroxyl groups excluding tert-OH is 1. The molecule has 1 aromatic carbocycles. The number of ketones is 1. The Morgan fingerprint density at radius 1 is 1.43 bits per heavy atom. The number of aromatic hydroxyl groups is 1. The first kappa shape index (κ1) is 10.7. The molecule has 0 aliphatic heterocycles. The number of benzene rings is 1. The molecular weight excluding hydrogens is 180 g/mol. The van der Waals surface area contributed by atoms with Crippen molar-refractivity contribution in [1.82, 2.24) is 0 Å². The molecule has 76 valence electrons. The number of aryl methyl sites for hydroxylation is 1. The number of Topliss-reactive ketones (excluding diaryl/α,β-unsaturated/α-hetero) is 1. The Morgan fingerprint density at radius 3 is 2.71 bits per heavy atom. The second kappa shape index (κ2) is 4.77. The van der Waals surface area contributed by atoms with E-state index in [9.17, 15) is 9.90 Å². The molecular formula is C11H14O3. The second-order valence-corrected chi connectivity index (χ2v) is 3.17. The molecule has 0 aliphatic carbocycles. The maximum absolute atomic E-state index is 11.1. The predicted octanol–water partition coefficient (Wildman–Crippen LogP) is 1.52. The Hall–Kier alpha value is -1.35. The molecule has 1 aromatic rings. The number of rotatable bonds is 4. The van der Waals surface area contributed by atoms with Gasteiger partial charge in [-0.2, -0.15) is 0 Å². The number of hydrogen-bond acceptors (Lipinski definition) is 3. The maximum Gasteiger partial charge on any atom is 0.188 e. The van der Waals surface area contributed by atoms with Gasteiger partial charge in [0.2, 0.25) is 0 Å². The molecule has 0 heterocycles. The SMILES string of the molecule is CCCc1cc(C(=O)CO)ccc1O. The van der Waals surface area contributed by atoms with Gasteiger partial charge in [0.25, 0.3) is 0 Å². The van der Waals surface area contributed by atoms with Gasteiger partial charge in [-0.1, -0.05) is 13.3 Å². The summed E-state index contributed by atoms with van der Waals surface area (Å²) in [6.45, 7) is 1.51. The molecule has 0 saturated carbocycles. The first-order chi connectivity index (χ1) is 6.69. The zero-order valence-electron chi connectivity index (χ0n) is 8.16. The summed E-state index contributed by atoms with van der Waals surface area (Å²) in [6, 6.07) is 4.65. The van der Waals surface area contributed by atoms with Crippen LogP contribution in [0.3, 0.4) is 0 Å². The van der Waals surface area contributed by atoms with Crippen molar-refractivity contribution in [3.8, 4) is 5.75 Å². The van der Waals surface area contributed by atoms with Crippen molar-refractivity contribution in [2.45, 2.75) is 19.8 Å². The Labute approximate surface area is 83.0 Å². The van der Waals surface area contributed by atoms with E-state index in [1.54, 1.807) is 6.07 Å². The Kier molecular flexibility index (Phi) is 3.65. The van der Waals surface area contributed by atoms with Crippen LogP contribution in [0.15, 0.2) is 18.2 Å². The van der Waals surface area contributed by atoms with E-state index < -0.39 is 6.61 Å².